The van der Waals surface area contributed by atoms with Crippen molar-refractivity contribution in [3.05, 3.63) is 65.7 Å². The van der Waals surface area contributed by atoms with Crippen LogP contribution in [0.1, 0.15) is 77.3 Å². The first-order chi connectivity index (χ1) is 54.2. The summed E-state index contributed by atoms with van der Waals surface area (Å²) >= 11 is 3.91. The van der Waals surface area contributed by atoms with Gasteiger partial charge in [0.15, 0.2) is 5.96 Å². The molecular formula is C68H105N21O25S. The van der Waals surface area contributed by atoms with E-state index < -0.39 is 282 Å². The first-order valence-electron chi connectivity index (χ1n) is 35.8. The summed E-state index contributed by atoms with van der Waals surface area (Å²) in [6.45, 7) is -1.99. The van der Waals surface area contributed by atoms with Gasteiger partial charge in [-0.3, -0.25) is 86.9 Å². The first-order valence-corrected chi connectivity index (χ1v) is 36.4. The second-order valence-corrected chi connectivity index (χ2v) is 27.0. The second-order valence-electron chi connectivity index (χ2n) is 26.6. The number of aliphatic hydroxyl groups is 5. The highest BCUT2D eigenvalue weighted by Crippen LogP contribution is 2.14. The van der Waals surface area contributed by atoms with E-state index in [1.54, 1.807) is 45.9 Å². The molecule has 2 rings (SSSR count). The maximum atomic E-state index is 14.2. The number of amides is 17. The molecule has 47 heteroatoms. The zero-order valence-corrected chi connectivity index (χ0v) is 64.2. The van der Waals surface area contributed by atoms with Crippen molar-refractivity contribution in [3.63, 3.8) is 0 Å². The van der Waals surface area contributed by atoms with E-state index >= 15 is 0 Å². The Bertz CT molecular complexity index is 3700. The first kappa shape index (κ1) is 99.2. The Labute approximate surface area is 663 Å². The molecule has 0 unspecified atom stereocenters. The van der Waals surface area contributed by atoms with Crippen LogP contribution in [0.15, 0.2) is 54.6 Å². The molecule has 0 fully saturated rings. The second kappa shape index (κ2) is 51.7. The molecule has 46 nitrogen and oxygen atoms in total. The summed E-state index contributed by atoms with van der Waals surface area (Å²) in [4.78, 5) is 239. The van der Waals surface area contributed by atoms with Gasteiger partial charge in [-0.05, 0) is 60.8 Å². The van der Waals surface area contributed by atoms with E-state index in [2.05, 4.69) is 97.7 Å². The minimum atomic E-state index is -2.02. The molecule has 0 aliphatic carbocycles. The summed E-state index contributed by atoms with van der Waals surface area (Å²) in [5.41, 5.74) is 22.4. The number of nitrogens with one attached hydrogen (secondary N) is 17. The van der Waals surface area contributed by atoms with Gasteiger partial charge in [0.05, 0.1) is 65.1 Å². The SMILES string of the molecule is CC(C)C[C@H](NC(=O)CNC(=O)[C@H](CO)NC(=O)[C@H](CO)NC(=O)[C@H](CCC(N)=O)NC(=O)[C@H](CO)NC(=O)[C@H](Cc1ccccc1)NC(=O)[C@H](CO)NC(=O)CNC(=O)[C@H](CCCNC(=N)N)NC(=O)[C@H](CC(N)=O)NC(=O)[C@H](Cc1ccc(O)cc1)NC(=O)[C@H](CO)NC(=O)CNC(=O)[C@@H](N)CS)C(=O)N[C@H](C(=O)O)C(C)C. The van der Waals surface area contributed by atoms with Gasteiger partial charge in [-0.2, -0.15) is 12.6 Å². The predicted molar refractivity (Wildman–Crippen MR) is 405 cm³/mol. The van der Waals surface area contributed by atoms with Crippen LogP contribution in [0.25, 0.3) is 0 Å². The number of aliphatic carboxylic acids is 1. The van der Waals surface area contributed by atoms with E-state index in [0.29, 0.717) is 5.56 Å². The summed E-state index contributed by atoms with van der Waals surface area (Å²) in [7, 11) is 0. The van der Waals surface area contributed by atoms with Crippen LogP contribution in [-0.4, -0.2) is 292 Å². The van der Waals surface area contributed by atoms with Crippen molar-refractivity contribution >= 4 is 125 Å². The largest absolute Gasteiger partial charge is 0.508 e. The van der Waals surface area contributed by atoms with Gasteiger partial charge >= 0.3 is 5.97 Å². The van der Waals surface area contributed by atoms with E-state index in [4.69, 9.17) is 28.3 Å². The van der Waals surface area contributed by atoms with Crippen LogP contribution in [0.4, 0.5) is 0 Å². The Morgan fingerprint density at radius 3 is 1.16 bits per heavy atom. The molecule has 0 aliphatic heterocycles. The quantitative estimate of drug-likeness (QED) is 0.0127. The number of carboxylic acids is 1. The molecule has 115 heavy (non-hydrogen) atoms. The maximum absolute atomic E-state index is 14.2. The van der Waals surface area contributed by atoms with Gasteiger partial charge in [0, 0.05) is 31.6 Å². The highest BCUT2D eigenvalue weighted by molar-refractivity contribution is 7.80. The molecule has 32 N–H and O–H groups in total. The highest BCUT2D eigenvalue weighted by atomic mass is 32.1. The van der Waals surface area contributed by atoms with Gasteiger partial charge in [-0.25, -0.2) is 4.79 Å². The number of rotatable bonds is 53. The van der Waals surface area contributed by atoms with E-state index in [-0.39, 0.29) is 48.8 Å². The van der Waals surface area contributed by atoms with Crippen molar-refractivity contribution in [1.29, 1.82) is 5.41 Å². The molecule has 0 aromatic heterocycles. The molecule has 0 saturated heterocycles. The van der Waals surface area contributed by atoms with Crippen LogP contribution in [0.2, 0.25) is 0 Å². The Kier molecular flexibility index (Phi) is 44.5. The number of carbonyl (C=O) groups excluding carboxylic acids is 17. The number of carbonyl (C=O) groups is 18. The van der Waals surface area contributed by atoms with Crippen LogP contribution in [-0.2, 0) is 99.1 Å². The number of nitrogens with two attached hydrogens (primary N) is 4. The van der Waals surface area contributed by atoms with E-state index in [0.717, 1.165) is 0 Å². The topological polar surface area (TPSA) is 769 Å². The lowest BCUT2D eigenvalue weighted by Gasteiger charge is -2.26. The number of guanidine groups is 1. The zero-order chi connectivity index (χ0) is 86.8. The number of phenols is 1. The Morgan fingerprint density at radius 2 is 0.757 bits per heavy atom. The van der Waals surface area contributed by atoms with Gasteiger partial charge in [-0.1, -0.05) is 70.2 Å². The molecule has 638 valence electrons. The number of carboxylic acid groups (broad SMARTS) is 1. The molecule has 13 atom stereocenters. The number of thiol groups is 1. The Hall–Kier alpha value is -11.9. The van der Waals surface area contributed by atoms with Crippen molar-refractivity contribution in [3.8, 4) is 5.75 Å². The van der Waals surface area contributed by atoms with Gasteiger partial charge < -0.3 is 144 Å². The molecule has 0 spiro atoms. The molecule has 2 aromatic rings. The third-order valence-corrected chi connectivity index (χ3v) is 16.8. The van der Waals surface area contributed by atoms with Crippen molar-refractivity contribution < 1.29 is 122 Å². The lowest BCUT2D eigenvalue weighted by Crippen LogP contribution is -2.61. The van der Waals surface area contributed by atoms with E-state index in [1.807, 2.05) is 0 Å². The average molecular weight is 1650 g/mol. The average Bonchev–Trinajstić information content (AvgIpc) is 0.859. The number of primary amides is 2. The van der Waals surface area contributed by atoms with Crippen LogP contribution in [0.5, 0.6) is 5.75 Å². The fourth-order valence-electron chi connectivity index (χ4n) is 10.2. The van der Waals surface area contributed by atoms with Gasteiger partial charge in [0.2, 0.25) is 100 Å². The minimum Gasteiger partial charge on any atom is -0.508 e. The molecule has 2 aromatic carbocycles. The molecule has 0 heterocycles. The van der Waals surface area contributed by atoms with Crippen molar-refractivity contribution in [2.45, 2.75) is 158 Å². The smallest absolute Gasteiger partial charge is 0.326 e. The Balaban J connectivity index is 2.34. The number of aliphatic hydroxyl groups excluding tert-OH is 5. The van der Waals surface area contributed by atoms with Crippen molar-refractivity contribution in [2.24, 2.45) is 34.8 Å². The normalized spacial score (nSPS) is 14.3. The third kappa shape index (κ3) is 37.5. The monoisotopic (exact) mass is 1650 g/mol. The maximum Gasteiger partial charge on any atom is 0.326 e. The van der Waals surface area contributed by atoms with Crippen LogP contribution in [0.3, 0.4) is 0 Å². The van der Waals surface area contributed by atoms with Gasteiger partial charge in [-0.15, -0.1) is 0 Å². The summed E-state index contributed by atoms with van der Waals surface area (Å²) in [6, 6.07) is -9.40. The number of hydrogen-bond donors (Lipinski definition) is 29. The predicted octanol–water partition coefficient (Wildman–Crippen LogP) is -13.2. The molecule has 0 aliphatic rings. The number of aromatic hydroxyl groups is 1. The van der Waals surface area contributed by atoms with Crippen LogP contribution < -0.4 is 108 Å². The minimum absolute atomic E-state index is 0.0421. The lowest BCUT2D eigenvalue weighted by atomic mass is 10.0. The number of benzene rings is 2. The van der Waals surface area contributed by atoms with Gasteiger partial charge in [0.25, 0.3) is 0 Å². The lowest BCUT2D eigenvalue weighted by molar-refractivity contribution is -0.143. The van der Waals surface area contributed by atoms with Gasteiger partial charge in [0.1, 0.15) is 78.3 Å². The van der Waals surface area contributed by atoms with Crippen LogP contribution >= 0.6 is 12.6 Å². The zero-order valence-electron chi connectivity index (χ0n) is 63.3. The summed E-state index contributed by atoms with van der Waals surface area (Å²) in [5, 5.41) is 114. The Morgan fingerprint density at radius 1 is 0.409 bits per heavy atom. The molecular weight excluding hydrogens is 1540 g/mol. The fourth-order valence-corrected chi connectivity index (χ4v) is 10.4. The summed E-state index contributed by atoms with van der Waals surface area (Å²) in [5.74, 6) is -22.3. The fraction of sp³-hybridized carbons (Fsp3) is 0.544. The number of hydrogen-bond acceptors (Lipinski definition) is 27. The number of phenolic OH excluding ortho intramolecular Hbond substituents is 1. The van der Waals surface area contributed by atoms with E-state index in [1.165, 1.54) is 36.4 Å². The standard InChI is InChI=1S/C68H105N21O25S/c1-32(2)19-40(62(108)89-54(33(3)4)67(113)114)78-51(98)24-77-57(103)44(26-90)86-66(112)48(30-94)87-58(104)39(16-17-49(70)96)82-65(111)47(29-93)88-60(106)41(20-34-9-6-5-7-10-34)83-63(109)46(28-92)80-53(100)25-76-56(102)38(11-8-18-74-68(72)73)81-61(107)43(22-50(71)97)85-59(105)42(21-35-12-14-36(95)15-13-35)84-64(110)45(27-91)79-52(99)23-75-55(101)37(69)31-115/h5-7,9-10,12-15,32-33,37-48,54,90-95,115H,8,11,16-31,69H2,1-4H3,(H2,70,96)(H2,71,97)(H,75,101)(H,76,102)(H,77,103)(H,78,98)(H,79,99)(H,80,100)(H,81,107)(H,82,111)(H,83,109)(H,84,110)(H,85,105)(H,86,112)(H,87,104)(H,88,106)(H,89,108)(H,113,114)(H4,72,73,74)/t37-,38-,39-,40-,41-,42-,43-,44-,45-,46-,47-,48-,54-/m0/s1. The molecule has 17 amide bonds. The highest BCUT2D eigenvalue weighted by Gasteiger charge is 2.37. The van der Waals surface area contributed by atoms with Crippen molar-refractivity contribution in [2.75, 3.05) is 65.0 Å². The van der Waals surface area contributed by atoms with E-state index in [9.17, 15) is 122 Å². The molecule has 0 saturated carbocycles. The summed E-state index contributed by atoms with van der Waals surface area (Å²) in [6.07, 6.45) is -3.42. The molecule has 0 bridgehead atoms. The van der Waals surface area contributed by atoms with Crippen molar-refractivity contribution in [1.82, 2.24) is 85.1 Å². The van der Waals surface area contributed by atoms with Crippen LogP contribution in [0, 0.1) is 17.2 Å². The summed E-state index contributed by atoms with van der Waals surface area (Å²) < 4.78 is 0. The molecule has 0 radical (unpaired) electrons. The third-order valence-electron chi connectivity index (χ3n) is 16.4.